The molecule has 1 amide bonds. The molecule has 9 nitrogen and oxygen atoms in total. The van der Waals surface area contributed by atoms with Gasteiger partial charge in [-0.3, -0.25) is 14.7 Å². The average molecular weight is 455 g/mol. The van der Waals surface area contributed by atoms with Crippen molar-refractivity contribution in [2.45, 2.75) is 11.9 Å². The molecule has 0 aliphatic carbocycles. The minimum absolute atomic E-state index is 0.0147. The summed E-state index contributed by atoms with van der Waals surface area (Å²) in [6.07, 6.45) is 1.39. The van der Waals surface area contributed by atoms with Gasteiger partial charge in [-0.2, -0.15) is 9.40 Å². The molecule has 1 fully saturated rings. The Morgan fingerprint density at radius 3 is 1.94 bits per heavy atom. The van der Waals surface area contributed by atoms with Gasteiger partial charge in [-0.25, -0.2) is 8.42 Å². The highest BCUT2D eigenvalue weighted by molar-refractivity contribution is 7.89. The zero-order chi connectivity index (χ0) is 22.7. The third-order valence-corrected chi connectivity index (χ3v) is 7.04. The Morgan fingerprint density at radius 2 is 1.44 bits per heavy atom. The number of aromatic amines is 1. The number of rotatable bonds is 6. The fraction of sp³-hybridized carbons (Fsp3) is 0.227. The van der Waals surface area contributed by atoms with Crippen molar-refractivity contribution >= 4 is 21.7 Å². The first-order valence-corrected chi connectivity index (χ1v) is 11.5. The molecule has 0 unspecified atom stereocenters. The maximum Gasteiger partial charge on any atom is 0.260 e. The second kappa shape index (κ2) is 8.93. The summed E-state index contributed by atoms with van der Waals surface area (Å²) in [6, 6.07) is 15.0. The summed E-state index contributed by atoms with van der Waals surface area (Å²) >= 11 is 0. The Kier molecular flexibility index (Phi) is 6.06. The maximum atomic E-state index is 12.8. The Morgan fingerprint density at radius 1 is 0.875 bits per heavy atom. The number of benzene rings is 2. The molecule has 1 aliphatic heterocycles. The van der Waals surface area contributed by atoms with Gasteiger partial charge in [-0.15, -0.1) is 0 Å². The van der Waals surface area contributed by atoms with Crippen LogP contribution in [0.2, 0.25) is 0 Å². The maximum absolute atomic E-state index is 12.8. The van der Waals surface area contributed by atoms with Crippen LogP contribution in [0.4, 0.5) is 0 Å². The highest BCUT2D eigenvalue weighted by Gasteiger charge is 2.31. The lowest BCUT2D eigenvalue weighted by molar-refractivity contribution is 0.0697. The van der Waals surface area contributed by atoms with Gasteiger partial charge >= 0.3 is 0 Å². The van der Waals surface area contributed by atoms with E-state index in [2.05, 4.69) is 10.2 Å². The van der Waals surface area contributed by atoms with Crippen molar-refractivity contribution in [1.82, 2.24) is 19.4 Å². The lowest BCUT2D eigenvalue weighted by atomic mass is 10.1. The molecule has 3 aromatic rings. The van der Waals surface area contributed by atoms with E-state index in [1.54, 1.807) is 53.4 Å². The van der Waals surface area contributed by atoms with Crippen molar-refractivity contribution < 1.29 is 22.7 Å². The molecule has 32 heavy (non-hydrogen) atoms. The molecule has 0 spiro atoms. The zero-order valence-electron chi connectivity index (χ0n) is 17.4. The monoisotopic (exact) mass is 454 g/mol. The van der Waals surface area contributed by atoms with Crippen LogP contribution in [0.3, 0.4) is 0 Å². The average Bonchev–Trinajstić information content (AvgIpc) is 3.36. The van der Waals surface area contributed by atoms with Gasteiger partial charge in [0.1, 0.15) is 11.5 Å². The van der Waals surface area contributed by atoms with E-state index in [9.17, 15) is 18.0 Å². The van der Waals surface area contributed by atoms with E-state index < -0.39 is 10.0 Å². The van der Waals surface area contributed by atoms with Crippen LogP contribution in [0.1, 0.15) is 27.6 Å². The molecular formula is C22H22N4O5S. The highest BCUT2D eigenvalue weighted by atomic mass is 32.2. The van der Waals surface area contributed by atoms with Crippen LogP contribution in [0.15, 0.2) is 65.8 Å². The van der Waals surface area contributed by atoms with Gasteiger partial charge < -0.3 is 9.64 Å². The molecule has 1 N–H and O–H groups in total. The SMILES string of the molecule is CC(=O)c1ccc(Oc2ccc(C(=O)N3CCN(S(=O)(=O)c4ccn[nH]4)CC3)cc2)cc1. The molecule has 0 saturated carbocycles. The Balaban J connectivity index is 1.35. The number of nitrogens with one attached hydrogen (secondary N) is 1. The van der Waals surface area contributed by atoms with E-state index >= 15 is 0 Å². The number of carbonyl (C=O) groups is 2. The van der Waals surface area contributed by atoms with Crippen LogP contribution in [0.5, 0.6) is 11.5 Å². The van der Waals surface area contributed by atoms with Crippen molar-refractivity contribution in [1.29, 1.82) is 0 Å². The molecule has 1 saturated heterocycles. The quantitative estimate of drug-likeness (QED) is 0.573. The Bertz CT molecular complexity index is 1200. The minimum Gasteiger partial charge on any atom is -0.457 e. The van der Waals surface area contributed by atoms with E-state index in [-0.39, 0.29) is 29.8 Å². The van der Waals surface area contributed by atoms with Gasteiger partial charge in [-0.05, 0) is 61.5 Å². The van der Waals surface area contributed by atoms with E-state index in [4.69, 9.17) is 4.74 Å². The molecule has 0 radical (unpaired) electrons. The first-order chi connectivity index (χ1) is 15.3. The number of sulfonamides is 1. The van der Waals surface area contributed by atoms with Gasteiger partial charge in [0.2, 0.25) is 0 Å². The van der Waals surface area contributed by atoms with Gasteiger partial charge in [0.25, 0.3) is 15.9 Å². The number of carbonyl (C=O) groups excluding carboxylic acids is 2. The normalized spacial score (nSPS) is 14.8. The van der Waals surface area contributed by atoms with Crippen LogP contribution in [-0.2, 0) is 10.0 Å². The topological polar surface area (TPSA) is 113 Å². The third kappa shape index (κ3) is 4.56. The number of nitrogens with zero attached hydrogens (tertiary/aromatic N) is 3. The van der Waals surface area contributed by atoms with E-state index in [0.717, 1.165) is 0 Å². The number of ether oxygens (including phenoxy) is 1. The van der Waals surface area contributed by atoms with Gasteiger partial charge in [-0.1, -0.05) is 0 Å². The first-order valence-electron chi connectivity index (χ1n) is 10.0. The summed E-state index contributed by atoms with van der Waals surface area (Å²) < 4.78 is 32.2. The van der Waals surface area contributed by atoms with E-state index in [0.29, 0.717) is 35.7 Å². The Labute approximate surface area is 185 Å². The summed E-state index contributed by atoms with van der Waals surface area (Å²) in [4.78, 5) is 25.8. The highest BCUT2D eigenvalue weighted by Crippen LogP contribution is 2.23. The predicted molar refractivity (Wildman–Crippen MR) is 116 cm³/mol. The zero-order valence-corrected chi connectivity index (χ0v) is 18.2. The number of Topliss-reactive ketones (excluding diaryl/α,β-unsaturated/α-hetero) is 1. The Hall–Kier alpha value is -3.50. The fourth-order valence-electron chi connectivity index (χ4n) is 3.40. The lowest BCUT2D eigenvalue weighted by Gasteiger charge is -2.33. The van der Waals surface area contributed by atoms with Gasteiger partial charge in [0.15, 0.2) is 10.8 Å². The summed E-state index contributed by atoms with van der Waals surface area (Å²) in [5.41, 5.74) is 1.10. The standard InChI is InChI=1S/C22H22N4O5S/c1-16(27)17-2-6-19(7-3-17)31-20-8-4-18(5-9-20)22(28)25-12-14-26(15-13-25)32(29,30)21-10-11-23-24-21/h2-11H,12-15H2,1H3,(H,23,24). The van der Waals surface area contributed by atoms with Crippen molar-refractivity contribution in [3.8, 4) is 11.5 Å². The molecular weight excluding hydrogens is 432 g/mol. The third-order valence-electron chi connectivity index (χ3n) is 5.22. The molecule has 10 heteroatoms. The minimum atomic E-state index is -3.63. The number of aromatic nitrogens is 2. The van der Waals surface area contributed by atoms with Crippen molar-refractivity contribution in [3.63, 3.8) is 0 Å². The van der Waals surface area contributed by atoms with Crippen molar-refractivity contribution in [3.05, 3.63) is 71.9 Å². The molecule has 166 valence electrons. The molecule has 2 heterocycles. The van der Waals surface area contributed by atoms with E-state index in [1.165, 1.54) is 23.5 Å². The van der Waals surface area contributed by atoms with Crippen molar-refractivity contribution in [2.75, 3.05) is 26.2 Å². The number of hydrogen-bond donors (Lipinski definition) is 1. The smallest absolute Gasteiger partial charge is 0.260 e. The number of hydrogen-bond acceptors (Lipinski definition) is 6. The van der Waals surface area contributed by atoms with Crippen LogP contribution in [-0.4, -0.2) is 65.7 Å². The number of piperazine rings is 1. The van der Waals surface area contributed by atoms with Crippen molar-refractivity contribution in [2.24, 2.45) is 0 Å². The molecule has 0 bridgehead atoms. The second-order valence-corrected chi connectivity index (χ2v) is 9.23. The van der Waals surface area contributed by atoms with Crippen LogP contribution in [0, 0.1) is 0 Å². The van der Waals surface area contributed by atoms with Crippen LogP contribution >= 0.6 is 0 Å². The molecule has 1 aliphatic rings. The predicted octanol–water partition coefficient (Wildman–Crippen LogP) is 2.55. The fourth-order valence-corrected chi connectivity index (χ4v) is 4.72. The largest absolute Gasteiger partial charge is 0.457 e. The summed E-state index contributed by atoms with van der Waals surface area (Å²) in [5, 5.41) is 6.21. The molecule has 1 aromatic heterocycles. The summed E-state index contributed by atoms with van der Waals surface area (Å²) in [6.45, 7) is 2.53. The number of H-pyrrole nitrogens is 1. The lowest BCUT2D eigenvalue weighted by Crippen LogP contribution is -2.50. The second-order valence-electron chi connectivity index (χ2n) is 7.32. The number of amides is 1. The van der Waals surface area contributed by atoms with Gasteiger partial charge in [0, 0.05) is 37.3 Å². The molecule has 0 atom stereocenters. The number of ketones is 1. The van der Waals surface area contributed by atoms with Gasteiger partial charge in [0.05, 0.1) is 6.20 Å². The summed E-state index contributed by atoms with van der Waals surface area (Å²) in [7, 11) is -3.63. The van der Waals surface area contributed by atoms with Crippen LogP contribution in [0.25, 0.3) is 0 Å². The summed E-state index contributed by atoms with van der Waals surface area (Å²) in [5.74, 6) is 0.969. The molecule has 2 aromatic carbocycles. The van der Waals surface area contributed by atoms with Crippen LogP contribution < -0.4 is 4.74 Å². The van der Waals surface area contributed by atoms with E-state index in [1.807, 2.05) is 0 Å². The first kappa shape index (κ1) is 21.7. The molecule has 4 rings (SSSR count).